The van der Waals surface area contributed by atoms with Crippen LogP contribution in [0.25, 0.3) is 0 Å². The molecule has 1 atom stereocenters. The van der Waals surface area contributed by atoms with E-state index in [1.807, 2.05) is 12.1 Å². The third-order valence-corrected chi connectivity index (χ3v) is 6.57. The van der Waals surface area contributed by atoms with Gasteiger partial charge in [0.05, 0.1) is 26.9 Å². The molecule has 1 saturated heterocycles. The summed E-state index contributed by atoms with van der Waals surface area (Å²) in [6.45, 7) is 4.11. The van der Waals surface area contributed by atoms with Gasteiger partial charge < -0.3 is 19.1 Å². The van der Waals surface area contributed by atoms with Gasteiger partial charge in [-0.2, -0.15) is 0 Å². The third kappa shape index (κ3) is 4.71. The molecule has 0 radical (unpaired) electrons. The zero-order valence-electron chi connectivity index (χ0n) is 17.3. The van der Waals surface area contributed by atoms with Gasteiger partial charge in [0.2, 0.25) is 0 Å². The molecule has 0 aliphatic carbocycles. The van der Waals surface area contributed by atoms with Crippen LogP contribution in [-0.4, -0.2) is 45.4 Å². The van der Waals surface area contributed by atoms with Gasteiger partial charge in [-0.15, -0.1) is 0 Å². The maximum Gasteiger partial charge on any atom is 0.161 e. The molecule has 29 heavy (non-hydrogen) atoms. The number of rotatable bonds is 6. The van der Waals surface area contributed by atoms with E-state index in [9.17, 15) is 0 Å². The molecule has 4 nitrogen and oxygen atoms in total. The van der Waals surface area contributed by atoms with E-state index in [1.165, 1.54) is 29.5 Å². The fourth-order valence-corrected chi connectivity index (χ4v) is 4.74. The molecule has 156 valence electrons. The summed E-state index contributed by atoms with van der Waals surface area (Å²) in [5.74, 6) is 2.23. The minimum atomic E-state index is 0.132. The first-order valence-corrected chi connectivity index (χ1v) is 10.9. The van der Waals surface area contributed by atoms with Crippen LogP contribution in [0.2, 0.25) is 5.02 Å². The van der Waals surface area contributed by atoms with E-state index < -0.39 is 0 Å². The molecule has 0 bridgehead atoms. The predicted molar refractivity (Wildman–Crippen MR) is 116 cm³/mol. The zero-order valence-corrected chi connectivity index (χ0v) is 18.1. The van der Waals surface area contributed by atoms with Crippen LogP contribution in [-0.2, 0) is 11.2 Å². The van der Waals surface area contributed by atoms with Crippen LogP contribution in [0.3, 0.4) is 0 Å². The van der Waals surface area contributed by atoms with Crippen molar-refractivity contribution < 1.29 is 14.2 Å². The van der Waals surface area contributed by atoms with Gasteiger partial charge in [0.15, 0.2) is 11.5 Å². The lowest BCUT2D eigenvalue weighted by atomic mass is 9.89. The van der Waals surface area contributed by atoms with Crippen molar-refractivity contribution in [3.63, 3.8) is 0 Å². The molecule has 2 aliphatic rings. The molecule has 4 rings (SSSR count). The van der Waals surface area contributed by atoms with Crippen LogP contribution >= 0.6 is 11.6 Å². The number of piperidine rings is 1. The van der Waals surface area contributed by atoms with Crippen molar-refractivity contribution in [2.24, 2.45) is 0 Å². The number of ether oxygens (including phenoxy) is 3. The van der Waals surface area contributed by atoms with Gasteiger partial charge in [-0.25, -0.2) is 0 Å². The molecule has 0 N–H and O–H groups in total. The number of hydrogen-bond donors (Lipinski definition) is 0. The van der Waals surface area contributed by atoms with E-state index in [0.717, 1.165) is 55.6 Å². The predicted octanol–water partition coefficient (Wildman–Crippen LogP) is 5.24. The number of hydrogen-bond acceptors (Lipinski definition) is 4. The van der Waals surface area contributed by atoms with Crippen molar-refractivity contribution in [1.29, 1.82) is 0 Å². The monoisotopic (exact) mass is 415 g/mol. The van der Waals surface area contributed by atoms with Crippen LogP contribution in [0.1, 0.15) is 48.0 Å². The second-order valence-corrected chi connectivity index (χ2v) is 8.41. The summed E-state index contributed by atoms with van der Waals surface area (Å²) >= 11 is 6.03. The summed E-state index contributed by atoms with van der Waals surface area (Å²) in [4.78, 5) is 2.57. The van der Waals surface area contributed by atoms with E-state index in [1.54, 1.807) is 14.2 Å². The summed E-state index contributed by atoms with van der Waals surface area (Å²) in [6, 6.07) is 12.6. The Kier molecular flexibility index (Phi) is 6.63. The number of halogens is 1. The molecule has 2 aliphatic heterocycles. The van der Waals surface area contributed by atoms with Crippen LogP contribution < -0.4 is 9.47 Å². The second-order valence-electron chi connectivity index (χ2n) is 7.97. The highest BCUT2D eigenvalue weighted by Crippen LogP contribution is 2.38. The molecule has 1 fully saturated rings. The SMILES string of the molecule is COc1cc2c(cc1OC)C(CCN1CCC(c3ccc(Cl)cc3)CC1)OCC2. The first-order chi connectivity index (χ1) is 14.2. The standard InChI is InChI=1S/C24H30ClNO3/c1-27-23-15-19-10-14-29-22(21(19)16-24(23)28-2)9-13-26-11-7-18(8-12-26)17-3-5-20(25)6-4-17/h3-6,15-16,18,22H,7-14H2,1-2H3. The molecule has 2 aromatic rings. The summed E-state index contributed by atoms with van der Waals surface area (Å²) in [5, 5.41) is 0.813. The van der Waals surface area contributed by atoms with Crippen molar-refractivity contribution in [3.05, 3.63) is 58.1 Å². The lowest BCUT2D eigenvalue weighted by Gasteiger charge is -2.34. The first-order valence-electron chi connectivity index (χ1n) is 10.5. The molecule has 0 spiro atoms. The number of nitrogens with zero attached hydrogens (tertiary/aromatic N) is 1. The van der Waals surface area contributed by atoms with Gasteiger partial charge in [0.1, 0.15) is 0 Å². The van der Waals surface area contributed by atoms with E-state index in [0.29, 0.717) is 5.92 Å². The topological polar surface area (TPSA) is 30.9 Å². The average Bonchev–Trinajstić information content (AvgIpc) is 2.77. The summed E-state index contributed by atoms with van der Waals surface area (Å²) < 4.78 is 17.1. The molecule has 1 unspecified atom stereocenters. The van der Waals surface area contributed by atoms with E-state index in [2.05, 4.69) is 29.2 Å². The maximum atomic E-state index is 6.13. The Morgan fingerprint density at radius 1 is 1.03 bits per heavy atom. The van der Waals surface area contributed by atoms with Gasteiger partial charge in [-0.1, -0.05) is 23.7 Å². The molecule has 2 aromatic carbocycles. The molecular weight excluding hydrogens is 386 g/mol. The highest BCUT2D eigenvalue weighted by Gasteiger charge is 2.26. The molecule has 0 amide bonds. The molecule has 0 aromatic heterocycles. The zero-order chi connectivity index (χ0) is 20.2. The van der Waals surface area contributed by atoms with Crippen molar-refractivity contribution in [3.8, 4) is 11.5 Å². The first kappa shape index (κ1) is 20.5. The highest BCUT2D eigenvalue weighted by molar-refractivity contribution is 6.30. The van der Waals surface area contributed by atoms with Gasteiger partial charge in [-0.05, 0) is 85.6 Å². The number of benzene rings is 2. The summed E-state index contributed by atoms with van der Waals surface area (Å²) in [7, 11) is 3.38. The Morgan fingerprint density at radius 3 is 2.41 bits per heavy atom. The minimum Gasteiger partial charge on any atom is -0.493 e. The van der Waals surface area contributed by atoms with Gasteiger partial charge >= 0.3 is 0 Å². The highest BCUT2D eigenvalue weighted by atomic mass is 35.5. The van der Waals surface area contributed by atoms with Crippen molar-refractivity contribution in [2.45, 2.75) is 37.7 Å². The van der Waals surface area contributed by atoms with Crippen LogP contribution in [0.15, 0.2) is 36.4 Å². The van der Waals surface area contributed by atoms with Gasteiger partial charge in [0, 0.05) is 11.6 Å². The Hall–Kier alpha value is -1.75. The Morgan fingerprint density at radius 2 is 1.72 bits per heavy atom. The smallest absolute Gasteiger partial charge is 0.161 e. The van der Waals surface area contributed by atoms with E-state index in [-0.39, 0.29) is 6.10 Å². The third-order valence-electron chi connectivity index (χ3n) is 6.32. The fraction of sp³-hybridized carbons (Fsp3) is 0.500. The van der Waals surface area contributed by atoms with Crippen LogP contribution in [0, 0.1) is 0 Å². The maximum absolute atomic E-state index is 6.13. The lowest BCUT2D eigenvalue weighted by molar-refractivity contribution is 0.0272. The summed E-state index contributed by atoms with van der Waals surface area (Å²) in [5.41, 5.74) is 3.99. The van der Waals surface area contributed by atoms with Crippen molar-refractivity contribution >= 4 is 11.6 Å². The van der Waals surface area contributed by atoms with Gasteiger partial charge in [-0.3, -0.25) is 0 Å². The molecular formula is C24H30ClNO3. The normalized spacial score (nSPS) is 20.3. The summed E-state index contributed by atoms with van der Waals surface area (Å²) in [6.07, 6.45) is 4.48. The molecule has 5 heteroatoms. The quantitative estimate of drug-likeness (QED) is 0.645. The number of methoxy groups -OCH3 is 2. The van der Waals surface area contributed by atoms with E-state index in [4.69, 9.17) is 25.8 Å². The van der Waals surface area contributed by atoms with Crippen molar-refractivity contribution in [1.82, 2.24) is 4.90 Å². The van der Waals surface area contributed by atoms with Crippen molar-refractivity contribution in [2.75, 3.05) is 40.5 Å². The Balaban J connectivity index is 1.34. The average molecular weight is 416 g/mol. The fourth-order valence-electron chi connectivity index (χ4n) is 4.62. The largest absolute Gasteiger partial charge is 0.493 e. The van der Waals surface area contributed by atoms with Crippen LogP contribution in [0.5, 0.6) is 11.5 Å². The molecule has 0 saturated carbocycles. The number of likely N-dealkylation sites (tertiary alicyclic amines) is 1. The van der Waals surface area contributed by atoms with E-state index >= 15 is 0 Å². The van der Waals surface area contributed by atoms with Gasteiger partial charge in [0.25, 0.3) is 0 Å². The Bertz CT molecular complexity index is 816. The Labute approximate surface area is 178 Å². The second kappa shape index (κ2) is 9.38. The van der Waals surface area contributed by atoms with Crippen LogP contribution in [0.4, 0.5) is 0 Å². The lowest BCUT2D eigenvalue weighted by Crippen LogP contribution is -2.34. The minimum absolute atomic E-state index is 0.132. The molecule has 2 heterocycles. The number of fused-ring (bicyclic) bond motifs is 1.